The van der Waals surface area contributed by atoms with Gasteiger partial charge in [0.1, 0.15) is 0 Å². The van der Waals surface area contributed by atoms with E-state index in [1.807, 2.05) is 0 Å². The van der Waals surface area contributed by atoms with Crippen LogP contribution in [-0.4, -0.2) is 33.7 Å². The molecule has 2 rings (SSSR count). The van der Waals surface area contributed by atoms with Crippen LogP contribution in [0.25, 0.3) is 11.0 Å². The number of benzene rings is 1. The van der Waals surface area contributed by atoms with E-state index in [1.54, 1.807) is 25.2 Å². The number of fused-ring (bicyclic) bond motifs is 1. The van der Waals surface area contributed by atoms with Gasteiger partial charge in [-0.1, -0.05) is 0 Å². The average molecular weight is 249 g/mol. The number of amides is 1. The zero-order chi connectivity index (χ0) is 13.1. The molecule has 0 bridgehead atoms. The van der Waals surface area contributed by atoms with Crippen LogP contribution in [0.2, 0.25) is 0 Å². The van der Waals surface area contributed by atoms with E-state index in [-0.39, 0.29) is 18.2 Å². The van der Waals surface area contributed by atoms with Gasteiger partial charge in [-0.3, -0.25) is 9.36 Å². The highest BCUT2D eigenvalue weighted by Crippen LogP contribution is 2.11. The van der Waals surface area contributed by atoms with Gasteiger partial charge in [0.2, 0.25) is 0 Å². The molecule has 6 nitrogen and oxygen atoms in total. The lowest BCUT2D eigenvalue weighted by Crippen LogP contribution is -2.24. The molecular formula is C12H15N3O3. The van der Waals surface area contributed by atoms with Crippen LogP contribution in [0.4, 0.5) is 0 Å². The van der Waals surface area contributed by atoms with E-state index in [9.17, 15) is 9.59 Å². The monoisotopic (exact) mass is 249 g/mol. The smallest absolute Gasteiger partial charge is 0.326 e. The minimum absolute atomic E-state index is 0.0469. The predicted octanol–water partition coefficient (Wildman–Crippen LogP) is -0.0212. The Labute approximate surface area is 103 Å². The molecule has 0 aliphatic carbocycles. The van der Waals surface area contributed by atoms with E-state index in [2.05, 4.69) is 10.3 Å². The average Bonchev–Trinajstić information content (AvgIpc) is 2.65. The van der Waals surface area contributed by atoms with Crippen LogP contribution in [0.3, 0.4) is 0 Å². The minimum Gasteiger partial charge on any atom is -0.396 e. The standard InChI is InChI=1S/C12H15N3O3/c1-15-10-4-3-8(7-9(10)14-12(15)18)11(17)13-5-2-6-16/h3-4,7,16H,2,5-6H2,1H3,(H,13,17)(H,14,18). The van der Waals surface area contributed by atoms with Gasteiger partial charge >= 0.3 is 5.69 Å². The van der Waals surface area contributed by atoms with Crippen molar-refractivity contribution in [1.29, 1.82) is 0 Å². The molecular weight excluding hydrogens is 234 g/mol. The number of aliphatic hydroxyl groups excluding tert-OH is 1. The van der Waals surface area contributed by atoms with E-state index in [0.29, 0.717) is 24.0 Å². The summed E-state index contributed by atoms with van der Waals surface area (Å²) in [6.45, 7) is 0.476. The quantitative estimate of drug-likeness (QED) is 0.665. The number of hydrogen-bond donors (Lipinski definition) is 3. The molecule has 0 radical (unpaired) electrons. The van der Waals surface area contributed by atoms with Crippen molar-refractivity contribution in [1.82, 2.24) is 14.9 Å². The number of aromatic nitrogens is 2. The maximum absolute atomic E-state index is 11.8. The molecule has 1 aromatic heterocycles. The Hall–Kier alpha value is -2.08. The normalized spacial score (nSPS) is 10.8. The third-order valence-corrected chi connectivity index (χ3v) is 2.79. The number of hydrogen-bond acceptors (Lipinski definition) is 3. The lowest BCUT2D eigenvalue weighted by molar-refractivity contribution is 0.0951. The molecule has 18 heavy (non-hydrogen) atoms. The highest BCUT2D eigenvalue weighted by molar-refractivity contribution is 5.97. The first-order valence-corrected chi connectivity index (χ1v) is 5.71. The summed E-state index contributed by atoms with van der Waals surface area (Å²) in [6.07, 6.45) is 0.524. The third-order valence-electron chi connectivity index (χ3n) is 2.79. The zero-order valence-corrected chi connectivity index (χ0v) is 10.1. The van der Waals surface area contributed by atoms with Gasteiger partial charge in [-0.15, -0.1) is 0 Å². The number of nitrogens with zero attached hydrogens (tertiary/aromatic N) is 1. The van der Waals surface area contributed by atoms with Crippen LogP contribution in [0, 0.1) is 0 Å². The van der Waals surface area contributed by atoms with Crippen molar-refractivity contribution < 1.29 is 9.90 Å². The second kappa shape index (κ2) is 5.05. The van der Waals surface area contributed by atoms with Gasteiger partial charge in [0, 0.05) is 25.8 Å². The Morgan fingerprint density at radius 1 is 1.50 bits per heavy atom. The van der Waals surface area contributed by atoms with E-state index in [0.717, 1.165) is 5.52 Å². The second-order valence-corrected chi connectivity index (χ2v) is 4.05. The first-order valence-electron chi connectivity index (χ1n) is 5.71. The fourth-order valence-electron chi connectivity index (χ4n) is 1.76. The van der Waals surface area contributed by atoms with E-state index in [4.69, 9.17) is 5.11 Å². The summed E-state index contributed by atoms with van der Waals surface area (Å²) in [5.41, 5.74) is 1.68. The fourth-order valence-corrected chi connectivity index (χ4v) is 1.76. The van der Waals surface area contributed by atoms with E-state index in [1.165, 1.54) is 4.57 Å². The Bertz CT molecular complexity index is 627. The van der Waals surface area contributed by atoms with E-state index >= 15 is 0 Å². The number of rotatable bonds is 4. The van der Waals surface area contributed by atoms with Gasteiger partial charge < -0.3 is 15.4 Å². The van der Waals surface area contributed by atoms with Crippen LogP contribution in [0.1, 0.15) is 16.8 Å². The van der Waals surface area contributed by atoms with Crippen LogP contribution in [0.5, 0.6) is 0 Å². The predicted molar refractivity (Wildman–Crippen MR) is 67.6 cm³/mol. The molecule has 0 unspecified atom stereocenters. The maximum Gasteiger partial charge on any atom is 0.326 e. The Morgan fingerprint density at radius 3 is 3.00 bits per heavy atom. The molecule has 0 aliphatic rings. The van der Waals surface area contributed by atoms with Crippen molar-refractivity contribution in [3.63, 3.8) is 0 Å². The molecule has 6 heteroatoms. The molecule has 3 N–H and O–H groups in total. The summed E-state index contributed by atoms with van der Waals surface area (Å²) in [5.74, 6) is -0.213. The zero-order valence-electron chi connectivity index (χ0n) is 10.1. The summed E-state index contributed by atoms with van der Waals surface area (Å²) < 4.78 is 1.49. The lowest BCUT2D eigenvalue weighted by Gasteiger charge is -2.04. The summed E-state index contributed by atoms with van der Waals surface area (Å²) >= 11 is 0. The van der Waals surface area contributed by atoms with Crippen molar-refractivity contribution in [3.05, 3.63) is 34.2 Å². The van der Waals surface area contributed by atoms with Crippen molar-refractivity contribution in [2.24, 2.45) is 7.05 Å². The minimum atomic E-state index is -0.213. The summed E-state index contributed by atoms with van der Waals surface area (Å²) in [5, 5.41) is 11.3. The van der Waals surface area contributed by atoms with Gasteiger partial charge in [0.25, 0.3) is 5.91 Å². The van der Waals surface area contributed by atoms with Gasteiger partial charge in [0.05, 0.1) is 11.0 Å². The number of carbonyl (C=O) groups excluding carboxylic acids is 1. The molecule has 0 atom stereocenters. The molecule has 1 heterocycles. The van der Waals surface area contributed by atoms with Gasteiger partial charge in [-0.05, 0) is 24.6 Å². The molecule has 0 fully saturated rings. The topological polar surface area (TPSA) is 87.1 Å². The van der Waals surface area contributed by atoms with Crippen LogP contribution in [-0.2, 0) is 7.05 Å². The first-order chi connectivity index (χ1) is 8.63. The number of aliphatic hydroxyl groups is 1. The Morgan fingerprint density at radius 2 is 2.28 bits per heavy atom. The van der Waals surface area contributed by atoms with Crippen molar-refractivity contribution in [2.45, 2.75) is 6.42 Å². The molecule has 0 saturated heterocycles. The van der Waals surface area contributed by atoms with Crippen LogP contribution in [0.15, 0.2) is 23.0 Å². The summed E-state index contributed by atoms with van der Waals surface area (Å²) in [7, 11) is 1.67. The Kier molecular flexibility index (Phi) is 3.47. The number of imidazole rings is 1. The molecule has 0 spiro atoms. The van der Waals surface area contributed by atoms with Gasteiger partial charge in [-0.25, -0.2) is 4.79 Å². The number of nitrogens with one attached hydrogen (secondary N) is 2. The SMILES string of the molecule is Cn1c(=O)[nH]c2cc(C(=O)NCCCO)ccc21. The molecule has 1 aromatic carbocycles. The summed E-state index contributed by atoms with van der Waals surface area (Å²) in [4.78, 5) is 25.8. The molecule has 0 aliphatic heterocycles. The molecule has 96 valence electrons. The van der Waals surface area contributed by atoms with Crippen LogP contribution >= 0.6 is 0 Å². The molecule has 1 amide bonds. The number of aryl methyl sites for hydroxylation is 1. The lowest BCUT2D eigenvalue weighted by atomic mass is 10.2. The first kappa shape index (κ1) is 12.4. The number of H-pyrrole nitrogens is 1. The molecule has 0 saturated carbocycles. The fraction of sp³-hybridized carbons (Fsp3) is 0.333. The maximum atomic E-state index is 11.8. The highest BCUT2D eigenvalue weighted by Gasteiger charge is 2.08. The van der Waals surface area contributed by atoms with Gasteiger partial charge in [0.15, 0.2) is 0 Å². The van der Waals surface area contributed by atoms with Crippen molar-refractivity contribution >= 4 is 16.9 Å². The van der Waals surface area contributed by atoms with Crippen molar-refractivity contribution in [3.8, 4) is 0 Å². The Balaban J connectivity index is 2.24. The number of carbonyl (C=O) groups is 1. The van der Waals surface area contributed by atoms with Crippen LogP contribution < -0.4 is 11.0 Å². The van der Waals surface area contributed by atoms with E-state index < -0.39 is 0 Å². The summed E-state index contributed by atoms with van der Waals surface area (Å²) in [6, 6.07) is 5.04. The van der Waals surface area contributed by atoms with Gasteiger partial charge in [-0.2, -0.15) is 0 Å². The largest absolute Gasteiger partial charge is 0.396 e. The third kappa shape index (κ3) is 2.28. The van der Waals surface area contributed by atoms with Crippen molar-refractivity contribution in [2.75, 3.05) is 13.2 Å². The molecule has 2 aromatic rings. The number of aromatic amines is 1. The highest BCUT2D eigenvalue weighted by atomic mass is 16.3. The second-order valence-electron chi connectivity index (χ2n) is 4.05.